The summed E-state index contributed by atoms with van der Waals surface area (Å²) in [6, 6.07) is 7.52. The van der Waals surface area contributed by atoms with Crippen LogP contribution in [-0.2, 0) is 9.84 Å². The van der Waals surface area contributed by atoms with Crippen LogP contribution in [0, 0.1) is 0 Å². The molecule has 6 nitrogen and oxygen atoms in total. The average molecular weight is 394 g/mol. The van der Waals surface area contributed by atoms with E-state index in [0.29, 0.717) is 11.6 Å². The maximum atomic E-state index is 12.3. The Labute approximate surface area is 158 Å². The zero-order valence-corrected chi connectivity index (χ0v) is 16.1. The van der Waals surface area contributed by atoms with Gasteiger partial charge in [0.05, 0.1) is 17.5 Å². The average Bonchev–Trinajstić information content (AvgIpc) is 3.09. The lowest BCUT2D eigenvalue weighted by atomic mass is 9.95. The number of fused-ring (bicyclic) bond motifs is 1. The fraction of sp³-hybridized carbons (Fsp3) is 0.556. The van der Waals surface area contributed by atoms with Crippen LogP contribution in [0.5, 0.6) is 0 Å². The number of amides is 1. The molecule has 0 aromatic heterocycles. The lowest BCUT2D eigenvalue weighted by molar-refractivity contribution is 0.0927. The molecule has 1 amide bonds. The van der Waals surface area contributed by atoms with Gasteiger partial charge in [-0.25, -0.2) is 8.42 Å². The Kier molecular flexibility index (Phi) is 4.96. The maximum Gasteiger partial charge on any atom is 0.251 e. The summed E-state index contributed by atoms with van der Waals surface area (Å²) in [6.07, 6.45) is 5.79. The third kappa shape index (κ3) is 4.06. The number of carbonyl (C=O) groups excluding carboxylic acids is 1. The van der Waals surface area contributed by atoms with Gasteiger partial charge in [-0.3, -0.25) is 9.79 Å². The van der Waals surface area contributed by atoms with Crippen LogP contribution in [0.3, 0.4) is 0 Å². The second kappa shape index (κ2) is 7.23. The number of carbonyl (C=O) groups is 1. The van der Waals surface area contributed by atoms with Crippen molar-refractivity contribution in [3.8, 4) is 0 Å². The number of benzene rings is 1. The van der Waals surface area contributed by atoms with Crippen LogP contribution in [-0.4, -0.2) is 48.3 Å². The van der Waals surface area contributed by atoms with E-state index in [0.717, 1.165) is 23.7 Å². The molecule has 2 aliphatic heterocycles. The first kappa shape index (κ1) is 17.9. The minimum atomic E-state index is -2.93. The highest BCUT2D eigenvalue weighted by Crippen LogP contribution is 2.34. The molecular formula is C18H23N3O3S2. The molecular weight excluding hydrogens is 370 g/mol. The van der Waals surface area contributed by atoms with E-state index in [9.17, 15) is 13.2 Å². The molecule has 3 aliphatic rings. The van der Waals surface area contributed by atoms with E-state index in [1.807, 2.05) is 24.3 Å². The van der Waals surface area contributed by atoms with Crippen LogP contribution in [0.25, 0.3) is 0 Å². The fourth-order valence-corrected chi connectivity index (χ4v) is 7.44. The third-order valence-electron chi connectivity index (χ3n) is 5.16. The number of amidine groups is 1. The van der Waals surface area contributed by atoms with E-state index in [1.54, 1.807) is 0 Å². The van der Waals surface area contributed by atoms with E-state index >= 15 is 0 Å². The molecule has 0 radical (unpaired) electrons. The molecule has 2 heterocycles. The van der Waals surface area contributed by atoms with Crippen LogP contribution in [0.1, 0.15) is 42.5 Å². The molecule has 2 atom stereocenters. The molecule has 26 heavy (non-hydrogen) atoms. The number of rotatable bonds is 3. The topological polar surface area (TPSA) is 87.6 Å². The first-order valence-electron chi connectivity index (χ1n) is 9.11. The zero-order chi connectivity index (χ0) is 18.1. The smallest absolute Gasteiger partial charge is 0.251 e. The van der Waals surface area contributed by atoms with Crippen molar-refractivity contribution in [3.63, 3.8) is 0 Å². The van der Waals surface area contributed by atoms with E-state index in [4.69, 9.17) is 0 Å². The molecule has 2 N–H and O–H groups in total. The fourth-order valence-electron chi connectivity index (χ4n) is 3.76. The van der Waals surface area contributed by atoms with Crippen LogP contribution < -0.4 is 10.6 Å². The first-order valence-corrected chi connectivity index (χ1v) is 11.8. The van der Waals surface area contributed by atoms with Gasteiger partial charge in [0.2, 0.25) is 0 Å². The monoisotopic (exact) mass is 393 g/mol. The summed E-state index contributed by atoms with van der Waals surface area (Å²) in [5, 5.41) is 7.14. The van der Waals surface area contributed by atoms with E-state index in [2.05, 4.69) is 15.6 Å². The van der Waals surface area contributed by atoms with Crippen molar-refractivity contribution in [1.82, 2.24) is 5.32 Å². The highest BCUT2D eigenvalue weighted by molar-refractivity contribution is 8.15. The molecule has 8 heteroatoms. The van der Waals surface area contributed by atoms with Gasteiger partial charge in [-0.1, -0.05) is 31.0 Å². The molecule has 140 valence electrons. The van der Waals surface area contributed by atoms with Crippen molar-refractivity contribution in [2.24, 2.45) is 4.99 Å². The minimum absolute atomic E-state index is 0.0178. The lowest BCUT2D eigenvalue weighted by Gasteiger charge is -2.22. The van der Waals surface area contributed by atoms with Crippen molar-refractivity contribution in [2.45, 2.75) is 49.4 Å². The summed E-state index contributed by atoms with van der Waals surface area (Å²) in [7, 11) is -2.93. The molecule has 1 saturated carbocycles. The third-order valence-corrected chi connectivity index (χ3v) is 8.30. The van der Waals surface area contributed by atoms with Crippen LogP contribution in [0.4, 0.5) is 5.69 Å². The number of thioether (sulfide) groups is 1. The molecule has 0 spiro atoms. The summed E-state index contributed by atoms with van der Waals surface area (Å²) in [5.41, 5.74) is 1.51. The molecule has 1 aliphatic carbocycles. The second-order valence-electron chi connectivity index (χ2n) is 7.25. The van der Waals surface area contributed by atoms with Crippen molar-refractivity contribution in [3.05, 3.63) is 29.8 Å². The van der Waals surface area contributed by atoms with Gasteiger partial charge in [-0.05, 0) is 37.1 Å². The Morgan fingerprint density at radius 3 is 2.50 bits per heavy atom. The van der Waals surface area contributed by atoms with Crippen LogP contribution in [0.15, 0.2) is 29.3 Å². The zero-order valence-electron chi connectivity index (χ0n) is 14.5. The first-order chi connectivity index (χ1) is 12.5. The Hall–Kier alpha value is -1.54. The summed E-state index contributed by atoms with van der Waals surface area (Å²) in [5.74, 6) is 0.337. The van der Waals surface area contributed by atoms with E-state index in [-0.39, 0.29) is 28.7 Å². The number of sulfone groups is 1. The summed E-state index contributed by atoms with van der Waals surface area (Å²) >= 11 is 1.49. The van der Waals surface area contributed by atoms with E-state index in [1.165, 1.54) is 31.0 Å². The molecule has 0 unspecified atom stereocenters. The van der Waals surface area contributed by atoms with Crippen molar-refractivity contribution < 1.29 is 13.2 Å². The van der Waals surface area contributed by atoms with Gasteiger partial charge in [0, 0.05) is 22.5 Å². The summed E-state index contributed by atoms with van der Waals surface area (Å²) in [4.78, 5) is 16.8. The standard InChI is InChI=1S/C18H23N3O3S2/c22-17(19-13-4-2-1-3-5-13)12-6-8-14(9-7-12)20-18-21-15-10-26(23,24)11-16(15)25-18/h6-9,13,15-16H,1-5,10-11H2,(H,19,22)(H,20,21)/t15-,16+/m0/s1. The lowest BCUT2D eigenvalue weighted by Crippen LogP contribution is -2.36. The quantitative estimate of drug-likeness (QED) is 0.823. The second-order valence-corrected chi connectivity index (χ2v) is 10.6. The van der Waals surface area contributed by atoms with Gasteiger partial charge in [0.25, 0.3) is 5.91 Å². The molecule has 1 saturated heterocycles. The largest absolute Gasteiger partial charge is 0.349 e. The Bertz CT molecular complexity index is 815. The number of nitrogens with zero attached hydrogens (tertiary/aromatic N) is 1. The number of hydrogen-bond donors (Lipinski definition) is 2. The van der Waals surface area contributed by atoms with Gasteiger partial charge in [-0.15, -0.1) is 0 Å². The highest BCUT2D eigenvalue weighted by atomic mass is 32.2. The predicted molar refractivity (Wildman–Crippen MR) is 106 cm³/mol. The molecule has 0 bridgehead atoms. The summed E-state index contributed by atoms with van der Waals surface area (Å²) < 4.78 is 23.2. The number of nitrogens with one attached hydrogen (secondary N) is 2. The summed E-state index contributed by atoms with van der Waals surface area (Å²) in [6.45, 7) is 0. The van der Waals surface area contributed by atoms with Crippen molar-refractivity contribution in [1.29, 1.82) is 0 Å². The minimum Gasteiger partial charge on any atom is -0.349 e. The molecule has 2 fully saturated rings. The van der Waals surface area contributed by atoms with Crippen LogP contribution >= 0.6 is 11.8 Å². The van der Waals surface area contributed by atoms with Crippen LogP contribution in [0.2, 0.25) is 0 Å². The number of hydrogen-bond acceptors (Lipinski definition) is 6. The normalized spacial score (nSPS) is 27.6. The molecule has 4 rings (SSSR count). The number of aliphatic imine (C=N–C) groups is 1. The van der Waals surface area contributed by atoms with Gasteiger partial charge < -0.3 is 10.6 Å². The Morgan fingerprint density at radius 1 is 1.08 bits per heavy atom. The Balaban J connectivity index is 1.34. The van der Waals surface area contributed by atoms with E-state index < -0.39 is 9.84 Å². The molecule has 1 aromatic rings. The SMILES string of the molecule is O=C(NC1CCCCC1)c1ccc(NC2=N[C@H]3CS(=O)(=O)C[C@H]3S2)cc1. The van der Waals surface area contributed by atoms with Gasteiger partial charge in [0.15, 0.2) is 15.0 Å². The number of anilines is 1. The van der Waals surface area contributed by atoms with Gasteiger partial charge in [0.1, 0.15) is 0 Å². The maximum absolute atomic E-state index is 12.3. The van der Waals surface area contributed by atoms with Gasteiger partial charge >= 0.3 is 0 Å². The van der Waals surface area contributed by atoms with Crippen molar-refractivity contribution in [2.75, 3.05) is 16.8 Å². The van der Waals surface area contributed by atoms with Crippen molar-refractivity contribution >= 4 is 38.4 Å². The molecule has 1 aromatic carbocycles. The predicted octanol–water partition coefficient (Wildman–Crippen LogP) is 2.43. The van der Waals surface area contributed by atoms with Gasteiger partial charge in [-0.2, -0.15) is 0 Å². The Morgan fingerprint density at radius 2 is 1.81 bits per heavy atom. The highest BCUT2D eigenvalue weighted by Gasteiger charge is 2.42.